The molecule has 4 unspecified atom stereocenters. The molecule has 0 saturated heterocycles. The van der Waals surface area contributed by atoms with Gasteiger partial charge in [0, 0.05) is 6.04 Å². The molecule has 0 aromatic carbocycles. The molecule has 2 nitrogen and oxygen atoms in total. The molecule has 2 heteroatoms. The van der Waals surface area contributed by atoms with Crippen LogP contribution in [-0.2, 0) is 0 Å². The average molecular weight is 170 g/mol. The molecule has 0 spiro atoms. The van der Waals surface area contributed by atoms with Gasteiger partial charge in [-0.1, -0.05) is 19.8 Å². The summed E-state index contributed by atoms with van der Waals surface area (Å²) in [4.78, 5) is 0. The topological polar surface area (TPSA) is 52.0 Å². The van der Waals surface area contributed by atoms with E-state index in [1.165, 1.54) is 19.3 Å². The Hall–Kier alpha value is -0.0800. The largest absolute Gasteiger partial charge is 0.330 e. The summed E-state index contributed by atoms with van der Waals surface area (Å²) in [5.74, 6) is 2.10. The van der Waals surface area contributed by atoms with Gasteiger partial charge in [-0.2, -0.15) is 0 Å². The second-order valence-electron chi connectivity index (χ2n) is 4.34. The van der Waals surface area contributed by atoms with Crippen molar-refractivity contribution in [3.8, 4) is 0 Å². The Morgan fingerprint density at radius 3 is 2.50 bits per heavy atom. The molecule has 1 fully saturated rings. The maximum atomic E-state index is 5.97. The van der Waals surface area contributed by atoms with Gasteiger partial charge in [-0.3, -0.25) is 0 Å². The first-order valence-corrected chi connectivity index (χ1v) is 5.12. The van der Waals surface area contributed by atoms with Crippen molar-refractivity contribution < 1.29 is 0 Å². The van der Waals surface area contributed by atoms with Gasteiger partial charge in [-0.15, -0.1) is 0 Å². The van der Waals surface area contributed by atoms with Gasteiger partial charge in [0.1, 0.15) is 0 Å². The summed E-state index contributed by atoms with van der Waals surface area (Å²) in [5.41, 5.74) is 11.7. The summed E-state index contributed by atoms with van der Waals surface area (Å²) in [6, 6.07) is 0.314. The minimum Gasteiger partial charge on any atom is -0.330 e. The first-order chi connectivity index (χ1) is 5.66. The van der Waals surface area contributed by atoms with Gasteiger partial charge in [0.2, 0.25) is 0 Å². The maximum absolute atomic E-state index is 5.97. The Labute approximate surface area is 75.7 Å². The fourth-order valence-electron chi connectivity index (χ4n) is 2.77. The fraction of sp³-hybridized carbons (Fsp3) is 1.00. The number of rotatable bonds is 2. The Morgan fingerprint density at radius 1 is 1.42 bits per heavy atom. The summed E-state index contributed by atoms with van der Waals surface area (Å²) in [6.45, 7) is 5.25. The van der Waals surface area contributed by atoms with Gasteiger partial charge < -0.3 is 11.5 Å². The normalized spacial score (nSPS) is 39.5. The monoisotopic (exact) mass is 170 g/mol. The molecule has 0 amide bonds. The van der Waals surface area contributed by atoms with E-state index in [9.17, 15) is 0 Å². The third-order valence-corrected chi connectivity index (χ3v) is 3.35. The van der Waals surface area contributed by atoms with Crippen molar-refractivity contribution in [3.05, 3.63) is 0 Å². The molecule has 1 rings (SSSR count). The molecule has 0 radical (unpaired) electrons. The van der Waals surface area contributed by atoms with Crippen LogP contribution in [0.2, 0.25) is 0 Å². The lowest BCUT2D eigenvalue weighted by atomic mass is 9.70. The molecule has 0 bridgehead atoms. The van der Waals surface area contributed by atoms with Crippen LogP contribution in [0.1, 0.15) is 33.1 Å². The van der Waals surface area contributed by atoms with Crippen LogP contribution in [0.25, 0.3) is 0 Å². The number of hydrogen-bond donors (Lipinski definition) is 2. The van der Waals surface area contributed by atoms with Crippen molar-refractivity contribution in [1.29, 1.82) is 0 Å². The molecule has 4 atom stereocenters. The highest BCUT2D eigenvalue weighted by Gasteiger charge is 2.31. The van der Waals surface area contributed by atoms with Crippen molar-refractivity contribution in [1.82, 2.24) is 0 Å². The van der Waals surface area contributed by atoms with Crippen molar-refractivity contribution in [2.75, 3.05) is 6.54 Å². The molecule has 1 aliphatic rings. The third kappa shape index (κ3) is 1.99. The van der Waals surface area contributed by atoms with Crippen LogP contribution in [-0.4, -0.2) is 12.6 Å². The Morgan fingerprint density at radius 2 is 2.08 bits per heavy atom. The molecule has 4 N–H and O–H groups in total. The summed E-state index contributed by atoms with van der Waals surface area (Å²) in [5, 5.41) is 0. The lowest BCUT2D eigenvalue weighted by molar-refractivity contribution is 0.146. The average Bonchev–Trinajstić information content (AvgIpc) is 2.03. The third-order valence-electron chi connectivity index (χ3n) is 3.35. The van der Waals surface area contributed by atoms with E-state index >= 15 is 0 Å². The molecule has 1 aliphatic carbocycles. The number of hydrogen-bond acceptors (Lipinski definition) is 2. The Kier molecular flexibility index (Phi) is 3.53. The second-order valence-corrected chi connectivity index (χ2v) is 4.34. The van der Waals surface area contributed by atoms with Crippen molar-refractivity contribution >= 4 is 0 Å². The number of nitrogens with two attached hydrogens (primary N) is 2. The van der Waals surface area contributed by atoms with Crippen LogP contribution >= 0.6 is 0 Å². The van der Waals surface area contributed by atoms with Crippen LogP contribution in [0.4, 0.5) is 0 Å². The van der Waals surface area contributed by atoms with Crippen molar-refractivity contribution in [3.63, 3.8) is 0 Å². The zero-order chi connectivity index (χ0) is 9.14. The van der Waals surface area contributed by atoms with Gasteiger partial charge in [0.05, 0.1) is 0 Å². The van der Waals surface area contributed by atoms with E-state index in [1.54, 1.807) is 0 Å². The second kappa shape index (κ2) is 4.24. The SMILES string of the molecule is CC(N)C1C(C)CCCC1CN. The van der Waals surface area contributed by atoms with E-state index in [4.69, 9.17) is 11.5 Å². The predicted octanol–water partition coefficient (Wildman–Crippen LogP) is 1.34. The molecule has 72 valence electrons. The minimum atomic E-state index is 0.314. The van der Waals surface area contributed by atoms with E-state index in [0.29, 0.717) is 17.9 Å². The quantitative estimate of drug-likeness (QED) is 0.657. The van der Waals surface area contributed by atoms with E-state index in [0.717, 1.165) is 12.5 Å². The summed E-state index contributed by atoms with van der Waals surface area (Å²) < 4.78 is 0. The lowest BCUT2D eigenvalue weighted by Crippen LogP contribution is -2.42. The highest BCUT2D eigenvalue weighted by atomic mass is 14.7. The van der Waals surface area contributed by atoms with Gasteiger partial charge in [0.15, 0.2) is 0 Å². The molecule has 0 aromatic rings. The first kappa shape index (κ1) is 10.0. The van der Waals surface area contributed by atoms with E-state index in [1.807, 2.05) is 0 Å². The predicted molar refractivity (Wildman–Crippen MR) is 52.7 cm³/mol. The standard InChI is InChI=1S/C10H22N2/c1-7-4-3-5-9(6-11)10(7)8(2)12/h7-10H,3-6,11-12H2,1-2H3. The molecule has 12 heavy (non-hydrogen) atoms. The van der Waals surface area contributed by atoms with Crippen LogP contribution in [0.3, 0.4) is 0 Å². The molecular formula is C10H22N2. The summed E-state index contributed by atoms with van der Waals surface area (Å²) in [7, 11) is 0. The van der Waals surface area contributed by atoms with Crippen molar-refractivity contribution in [2.24, 2.45) is 29.2 Å². The zero-order valence-electron chi connectivity index (χ0n) is 8.29. The van der Waals surface area contributed by atoms with Gasteiger partial charge in [0.25, 0.3) is 0 Å². The lowest BCUT2D eigenvalue weighted by Gasteiger charge is -2.38. The first-order valence-electron chi connectivity index (χ1n) is 5.12. The van der Waals surface area contributed by atoms with E-state index in [-0.39, 0.29) is 0 Å². The Balaban J connectivity index is 2.59. The highest BCUT2D eigenvalue weighted by molar-refractivity contribution is 4.85. The molecule has 0 aromatic heterocycles. The van der Waals surface area contributed by atoms with Crippen LogP contribution in [0.15, 0.2) is 0 Å². The van der Waals surface area contributed by atoms with Crippen LogP contribution in [0.5, 0.6) is 0 Å². The fourth-order valence-corrected chi connectivity index (χ4v) is 2.77. The Bertz CT molecular complexity index is 134. The van der Waals surface area contributed by atoms with Crippen LogP contribution in [0, 0.1) is 17.8 Å². The van der Waals surface area contributed by atoms with Gasteiger partial charge >= 0.3 is 0 Å². The molecule has 0 heterocycles. The summed E-state index contributed by atoms with van der Waals surface area (Å²) in [6.07, 6.45) is 3.96. The van der Waals surface area contributed by atoms with E-state index < -0.39 is 0 Å². The zero-order valence-corrected chi connectivity index (χ0v) is 8.29. The van der Waals surface area contributed by atoms with E-state index in [2.05, 4.69) is 13.8 Å². The molecule has 0 aliphatic heterocycles. The maximum Gasteiger partial charge on any atom is 0.00444 e. The molecular weight excluding hydrogens is 148 g/mol. The van der Waals surface area contributed by atoms with Crippen LogP contribution < -0.4 is 11.5 Å². The van der Waals surface area contributed by atoms with Gasteiger partial charge in [-0.25, -0.2) is 0 Å². The van der Waals surface area contributed by atoms with Crippen molar-refractivity contribution in [2.45, 2.75) is 39.2 Å². The highest BCUT2D eigenvalue weighted by Crippen LogP contribution is 2.35. The minimum absolute atomic E-state index is 0.314. The van der Waals surface area contributed by atoms with Gasteiger partial charge in [-0.05, 0) is 37.6 Å². The summed E-state index contributed by atoms with van der Waals surface area (Å²) >= 11 is 0. The smallest absolute Gasteiger partial charge is 0.00444 e. The molecule has 1 saturated carbocycles.